The summed E-state index contributed by atoms with van der Waals surface area (Å²) in [7, 11) is 1.95. The molecule has 0 spiro atoms. The van der Waals surface area contributed by atoms with Crippen LogP contribution in [0.4, 0.5) is 5.95 Å². The molecule has 1 aliphatic rings. The third-order valence-corrected chi connectivity index (χ3v) is 4.74. The van der Waals surface area contributed by atoms with Gasteiger partial charge < -0.3 is 14.5 Å². The lowest BCUT2D eigenvalue weighted by molar-refractivity contribution is 0.400. The Labute approximate surface area is 139 Å². The number of hydrogen-bond acceptors (Lipinski definition) is 5. The van der Waals surface area contributed by atoms with Crippen molar-refractivity contribution in [2.75, 3.05) is 18.0 Å². The van der Waals surface area contributed by atoms with Gasteiger partial charge in [0.25, 0.3) is 0 Å². The number of aryl methyl sites for hydroxylation is 1. The van der Waals surface area contributed by atoms with Gasteiger partial charge in [0.1, 0.15) is 5.52 Å². The molecule has 0 amide bonds. The number of imidazole rings is 1. The van der Waals surface area contributed by atoms with Crippen molar-refractivity contribution in [1.82, 2.24) is 24.5 Å². The molecule has 0 aliphatic carbocycles. The number of rotatable bonds is 3. The molecule has 124 valence electrons. The van der Waals surface area contributed by atoms with Crippen LogP contribution < -0.4 is 10.5 Å². The maximum atomic E-state index is 11.1. The summed E-state index contributed by atoms with van der Waals surface area (Å²) in [6.07, 6.45) is 8.64. The zero-order chi connectivity index (χ0) is 16.5. The normalized spacial score (nSPS) is 16.0. The van der Waals surface area contributed by atoms with Gasteiger partial charge in [-0.1, -0.05) is 6.07 Å². The zero-order valence-electron chi connectivity index (χ0n) is 13.6. The Bertz CT molecular complexity index is 886. The molecule has 0 aromatic carbocycles. The van der Waals surface area contributed by atoms with E-state index in [2.05, 4.69) is 24.8 Å². The lowest BCUT2D eigenvalue weighted by atomic mass is 9.91. The van der Waals surface area contributed by atoms with E-state index in [1.165, 1.54) is 5.56 Å². The summed E-state index contributed by atoms with van der Waals surface area (Å²) in [5.74, 6) is 1.40. The summed E-state index contributed by atoms with van der Waals surface area (Å²) in [4.78, 5) is 29.5. The second-order valence-electron chi connectivity index (χ2n) is 6.43. The van der Waals surface area contributed by atoms with Crippen LogP contribution >= 0.6 is 0 Å². The highest BCUT2D eigenvalue weighted by molar-refractivity contribution is 5.70. The van der Waals surface area contributed by atoms with E-state index in [1.54, 1.807) is 12.4 Å². The first kappa shape index (κ1) is 14.9. The van der Waals surface area contributed by atoms with Gasteiger partial charge >= 0.3 is 0 Å². The fourth-order valence-corrected chi connectivity index (χ4v) is 3.30. The second kappa shape index (κ2) is 6.07. The summed E-state index contributed by atoms with van der Waals surface area (Å²) in [6.45, 7) is 1.90. The number of anilines is 1. The van der Waals surface area contributed by atoms with Crippen molar-refractivity contribution in [3.05, 3.63) is 46.8 Å². The standard InChI is InChI=1S/C17H20N6O/c1-22-11-20-16-14(22)10-19-17(21-16)23-6-4-12(5-7-23)8-13-2-3-15(24)18-9-13/h2-3,9-12H,4-8H2,1H3,(H,18,24). The van der Waals surface area contributed by atoms with E-state index < -0.39 is 0 Å². The predicted molar refractivity (Wildman–Crippen MR) is 92.0 cm³/mol. The Morgan fingerprint density at radius 3 is 2.83 bits per heavy atom. The first-order chi connectivity index (χ1) is 11.7. The Morgan fingerprint density at radius 2 is 2.08 bits per heavy atom. The van der Waals surface area contributed by atoms with Gasteiger partial charge in [-0.05, 0) is 30.7 Å². The van der Waals surface area contributed by atoms with Gasteiger partial charge in [-0.25, -0.2) is 9.97 Å². The number of aromatic nitrogens is 5. The van der Waals surface area contributed by atoms with Crippen LogP contribution in [-0.2, 0) is 13.5 Å². The number of H-pyrrole nitrogens is 1. The average molecular weight is 324 g/mol. The number of nitrogens with one attached hydrogen (secondary N) is 1. The van der Waals surface area contributed by atoms with E-state index in [-0.39, 0.29) is 5.56 Å². The Balaban J connectivity index is 1.41. The molecule has 3 aromatic rings. The molecule has 24 heavy (non-hydrogen) atoms. The Hall–Kier alpha value is -2.70. The molecule has 7 heteroatoms. The summed E-state index contributed by atoms with van der Waals surface area (Å²) in [5.41, 5.74) is 2.85. The van der Waals surface area contributed by atoms with Crippen LogP contribution in [0.2, 0.25) is 0 Å². The SMILES string of the molecule is Cn1cnc2nc(N3CCC(Cc4ccc(=O)[nH]c4)CC3)ncc21. The smallest absolute Gasteiger partial charge is 0.247 e. The van der Waals surface area contributed by atoms with Gasteiger partial charge in [0.2, 0.25) is 11.5 Å². The minimum absolute atomic E-state index is 0.0457. The van der Waals surface area contributed by atoms with Gasteiger partial charge in [0.05, 0.1) is 12.5 Å². The topological polar surface area (TPSA) is 79.7 Å². The lowest BCUT2D eigenvalue weighted by Gasteiger charge is -2.32. The number of nitrogens with zero attached hydrogens (tertiary/aromatic N) is 5. The predicted octanol–water partition coefficient (Wildman–Crippen LogP) is 1.51. The monoisotopic (exact) mass is 324 g/mol. The van der Waals surface area contributed by atoms with Gasteiger partial charge in [0, 0.05) is 32.4 Å². The highest BCUT2D eigenvalue weighted by atomic mass is 16.1. The summed E-state index contributed by atoms with van der Waals surface area (Å²) >= 11 is 0. The molecule has 1 aliphatic heterocycles. The van der Waals surface area contributed by atoms with Crippen LogP contribution in [0.3, 0.4) is 0 Å². The molecule has 7 nitrogen and oxygen atoms in total. The van der Waals surface area contributed by atoms with Crippen molar-refractivity contribution in [3.63, 3.8) is 0 Å². The molecular weight excluding hydrogens is 304 g/mol. The maximum absolute atomic E-state index is 11.1. The number of pyridine rings is 1. The van der Waals surface area contributed by atoms with Crippen LogP contribution in [0.15, 0.2) is 35.6 Å². The molecule has 1 saturated heterocycles. The summed E-state index contributed by atoms with van der Waals surface area (Å²) in [6, 6.07) is 3.52. The van der Waals surface area contributed by atoms with E-state index in [0.717, 1.165) is 49.5 Å². The van der Waals surface area contributed by atoms with E-state index in [9.17, 15) is 4.79 Å². The molecule has 0 atom stereocenters. The molecule has 0 radical (unpaired) electrons. The molecule has 0 unspecified atom stereocenters. The fraction of sp³-hybridized carbons (Fsp3) is 0.412. The fourth-order valence-electron chi connectivity index (χ4n) is 3.30. The van der Waals surface area contributed by atoms with E-state index in [4.69, 9.17) is 0 Å². The quantitative estimate of drug-likeness (QED) is 0.790. The van der Waals surface area contributed by atoms with Crippen molar-refractivity contribution in [2.24, 2.45) is 13.0 Å². The molecule has 3 aromatic heterocycles. The highest BCUT2D eigenvalue weighted by Crippen LogP contribution is 2.24. The Kier molecular flexibility index (Phi) is 3.76. The zero-order valence-corrected chi connectivity index (χ0v) is 13.6. The van der Waals surface area contributed by atoms with Gasteiger partial charge in [-0.3, -0.25) is 4.79 Å². The number of fused-ring (bicyclic) bond motifs is 1. The van der Waals surface area contributed by atoms with Crippen LogP contribution in [0.5, 0.6) is 0 Å². The maximum Gasteiger partial charge on any atom is 0.247 e. The molecular formula is C17H20N6O. The molecule has 0 bridgehead atoms. The van der Waals surface area contributed by atoms with Crippen LogP contribution in [-0.4, -0.2) is 37.6 Å². The lowest BCUT2D eigenvalue weighted by Crippen LogP contribution is -2.35. The molecule has 4 heterocycles. The first-order valence-corrected chi connectivity index (χ1v) is 8.26. The minimum atomic E-state index is -0.0457. The van der Waals surface area contributed by atoms with Gasteiger partial charge in [-0.2, -0.15) is 4.98 Å². The molecule has 1 N–H and O–H groups in total. The van der Waals surface area contributed by atoms with Crippen molar-refractivity contribution in [3.8, 4) is 0 Å². The second-order valence-corrected chi connectivity index (χ2v) is 6.43. The van der Waals surface area contributed by atoms with Crippen molar-refractivity contribution >= 4 is 17.1 Å². The largest absolute Gasteiger partial charge is 0.341 e. The number of hydrogen-bond donors (Lipinski definition) is 1. The van der Waals surface area contributed by atoms with Crippen LogP contribution in [0, 0.1) is 5.92 Å². The number of aromatic amines is 1. The third-order valence-electron chi connectivity index (χ3n) is 4.74. The van der Waals surface area contributed by atoms with Crippen molar-refractivity contribution < 1.29 is 0 Å². The van der Waals surface area contributed by atoms with Crippen molar-refractivity contribution in [2.45, 2.75) is 19.3 Å². The summed E-state index contributed by atoms with van der Waals surface area (Å²) in [5, 5.41) is 0. The molecule has 1 fully saturated rings. The van der Waals surface area contributed by atoms with E-state index in [0.29, 0.717) is 5.92 Å². The average Bonchev–Trinajstić information content (AvgIpc) is 2.98. The molecule has 4 rings (SSSR count). The van der Waals surface area contributed by atoms with Crippen LogP contribution in [0.25, 0.3) is 11.2 Å². The van der Waals surface area contributed by atoms with Crippen molar-refractivity contribution in [1.29, 1.82) is 0 Å². The Morgan fingerprint density at radius 1 is 1.25 bits per heavy atom. The first-order valence-electron chi connectivity index (χ1n) is 8.26. The highest BCUT2D eigenvalue weighted by Gasteiger charge is 2.21. The summed E-state index contributed by atoms with van der Waals surface area (Å²) < 4.78 is 1.93. The molecule has 0 saturated carbocycles. The van der Waals surface area contributed by atoms with E-state index >= 15 is 0 Å². The third kappa shape index (κ3) is 2.89. The van der Waals surface area contributed by atoms with Gasteiger partial charge in [-0.15, -0.1) is 0 Å². The van der Waals surface area contributed by atoms with Gasteiger partial charge in [0.15, 0.2) is 5.65 Å². The minimum Gasteiger partial charge on any atom is -0.341 e. The van der Waals surface area contributed by atoms with E-state index in [1.807, 2.05) is 30.1 Å². The number of piperidine rings is 1. The van der Waals surface area contributed by atoms with Crippen LogP contribution in [0.1, 0.15) is 18.4 Å².